The van der Waals surface area contributed by atoms with Crippen LogP contribution in [-0.2, 0) is 4.74 Å². The van der Waals surface area contributed by atoms with Gasteiger partial charge in [0.25, 0.3) is 0 Å². The molecular formula is C9H17NO. The van der Waals surface area contributed by atoms with E-state index in [0.29, 0.717) is 0 Å². The fourth-order valence-corrected chi connectivity index (χ4v) is 2.19. The van der Waals surface area contributed by atoms with Crippen LogP contribution in [0.3, 0.4) is 0 Å². The molecule has 0 bridgehead atoms. The third kappa shape index (κ3) is 1.30. The highest BCUT2D eigenvalue weighted by Crippen LogP contribution is 2.25. The summed E-state index contributed by atoms with van der Waals surface area (Å²) in [5.41, 5.74) is 0. The summed E-state index contributed by atoms with van der Waals surface area (Å²) in [6.45, 7) is 5.57. The fourth-order valence-electron chi connectivity index (χ4n) is 2.19. The molecule has 2 aliphatic heterocycles. The summed E-state index contributed by atoms with van der Waals surface area (Å²) in [5, 5.41) is 0. The van der Waals surface area contributed by atoms with Crippen LogP contribution in [0.2, 0.25) is 0 Å². The van der Waals surface area contributed by atoms with Crippen LogP contribution in [-0.4, -0.2) is 36.7 Å². The van der Waals surface area contributed by atoms with Crippen molar-refractivity contribution in [1.82, 2.24) is 4.90 Å². The lowest BCUT2D eigenvalue weighted by atomic mass is 10.1. The Morgan fingerprint density at radius 1 is 1.45 bits per heavy atom. The van der Waals surface area contributed by atoms with Gasteiger partial charge in [-0.25, -0.2) is 0 Å². The van der Waals surface area contributed by atoms with Gasteiger partial charge in [-0.3, -0.25) is 4.90 Å². The second-order valence-corrected chi connectivity index (χ2v) is 3.63. The molecule has 2 aliphatic rings. The SMILES string of the molecule is CC[C@@H]1CCCN1C1COC1. The minimum absolute atomic E-state index is 0.766. The maximum atomic E-state index is 5.20. The summed E-state index contributed by atoms with van der Waals surface area (Å²) in [5.74, 6) is 0. The lowest BCUT2D eigenvalue weighted by Gasteiger charge is -2.38. The van der Waals surface area contributed by atoms with Crippen LogP contribution >= 0.6 is 0 Å². The topological polar surface area (TPSA) is 12.5 Å². The third-order valence-electron chi connectivity index (χ3n) is 2.98. The molecule has 0 amide bonds. The van der Waals surface area contributed by atoms with Crippen LogP contribution in [0, 0.1) is 0 Å². The second-order valence-electron chi connectivity index (χ2n) is 3.63. The largest absolute Gasteiger partial charge is 0.378 e. The van der Waals surface area contributed by atoms with E-state index < -0.39 is 0 Å². The minimum Gasteiger partial charge on any atom is -0.378 e. The summed E-state index contributed by atoms with van der Waals surface area (Å²) in [6.07, 6.45) is 4.12. The molecule has 0 aliphatic carbocycles. The van der Waals surface area contributed by atoms with E-state index in [1.807, 2.05) is 0 Å². The molecule has 2 saturated heterocycles. The Labute approximate surface area is 68.5 Å². The molecule has 0 radical (unpaired) electrons. The molecule has 2 rings (SSSR count). The van der Waals surface area contributed by atoms with E-state index in [1.165, 1.54) is 25.8 Å². The van der Waals surface area contributed by atoms with E-state index in [0.717, 1.165) is 25.3 Å². The summed E-state index contributed by atoms with van der Waals surface area (Å²) in [4.78, 5) is 2.64. The molecule has 0 aromatic carbocycles. The molecule has 0 aromatic heterocycles. The van der Waals surface area contributed by atoms with E-state index in [4.69, 9.17) is 4.74 Å². The van der Waals surface area contributed by atoms with Crippen molar-refractivity contribution >= 4 is 0 Å². The van der Waals surface area contributed by atoms with Gasteiger partial charge in [0.2, 0.25) is 0 Å². The van der Waals surface area contributed by atoms with Crippen molar-refractivity contribution in [1.29, 1.82) is 0 Å². The molecule has 11 heavy (non-hydrogen) atoms. The quantitative estimate of drug-likeness (QED) is 0.595. The second kappa shape index (κ2) is 3.11. The Morgan fingerprint density at radius 2 is 2.27 bits per heavy atom. The first-order valence-corrected chi connectivity index (χ1v) is 4.75. The van der Waals surface area contributed by atoms with Crippen molar-refractivity contribution in [3.63, 3.8) is 0 Å². The Kier molecular flexibility index (Phi) is 2.14. The van der Waals surface area contributed by atoms with Crippen LogP contribution < -0.4 is 0 Å². The average Bonchev–Trinajstić information content (AvgIpc) is 2.32. The van der Waals surface area contributed by atoms with Gasteiger partial charge in [-0.15, -0.1) is 0 Å². The van der Waals surface area contributed by atoms with E-state index in [9.17, 15) is 0 Å². The Morgan fingerprint density at radius 3 is 2.82 bits per heavy atom. The van der Waals surface area contributed by atoms with E-state index in [1.54, 1.807) is 0 Å². The van der Waals surface area contributed by atoms with Crippen molar-refractivity contribution in [3.8, 4) is 0 Å². The van der Waals surface area contributed by atoms with E-state index in [2.05, 4.69) is 11.8 Å². The molecule has 0 unspecified atom stereocenters. The van der Waals surface area contributed by atoms with Gasteiger partial charge in [0.1, 0.15) is 0 Å². The molecule has 0 aromatic rings. The first-order chi connectivity index (χ1) is 5.42. The fraction of sp³-hybridized carbons (Fsp3) is 1.00. The molecule has 2 heterocycles. The Balaban J connectivity index is 1.89. The Bertz CT molecular complexity index is 134. The van der Waals surface area contributed by atoms with Crippen molar-refractivity contribution in [2.75, 3.05) is 19.8 Å². The van der Waals surface area contributed by atoms with Crippen LogP contribution in [0.5, 0.6) is 0 Å². The minimum atomic E-state index is 0.766. The van der Waals surface area contributed by atoms with Crippen LogP contribution in [0.25, 0.3) is 0 Å². The number of likely N-dealkylation sites (tertiary alicyclic amines) is 1. The molecule has 2 nitrogen and oxygen atoms in total. The molecule has 1 atom stereocenters. The van der Waals surface area contributed by atoms with Gasteiger partial charge in [0.05, 0.1) is 19.3 Å². The highest BCUT2D eigenvalue weighted by Gasteiger charge is 2.33. The molecule has 2 fully saturated rings. The first kappa shape index (κ1) is 7.56. The molecule has 64 valence electrons. The number of hydrogen-bond donors (Lipinski definition) is 0. The lowest BCUT2D eigenvalue weighted by Crippen LogP contribution is -2.50. The molecule has 0 saturated carbocycles. The number of hydrogen-bond acceptors (Lipinski definition) is 2. The monoisotopic (exact) mass is 155 g/mol. The van der Waals surface area contributed by atoms with Gasteiger partial charge in [0.15, 0.2) is 0 Å². The normalized spacial score (nSPS) is 34.1. The van der Waals surface area contributed by atoms with Gasteiger partial charge < -0.3 is 4.74 Å². The predicted octanol–water partition coefficient (Wildman–Crippen LogP) is 1.26. The van der Waals surface area contributed by atoms with E-state index in [-0.39, 0.29) is 0 Å². The highest BCUT2D eigenvalue weighted by atomic mass is 16.5. The predicted molar refractivity (Wildman–Crippen MR) is 44.6 cm³/mol. The van der Waals surface area contributed by atoms with Gasteiger partial charge in [-0.2, -0.15) is 0 Å². The Hall–Kier alpha value is -0.0800. The van der Waals surface area contributed by atoms with Gasteiger partial charge >= 0.3 is 0 Å². The maximum Gasteiger partial charge on any atom is 0.0645 e. The van der Waals surface area contributed by atoms with Crippen LogP contribution in [0.15, 0.2) is 0 Å². The van der Waals surface area contributed by atoms with Crippen molar-refractivity contribution in [3.05, 3.63) is 0 Å². The zero-order valence-electron chi connectivity index (χ0n) is 7.25. The highest BCUT2D eigenvalue weighted by molar-refractivity contribution is 4.86. The zero-order chi connectivity index (χ0) is 7.68. The summed E-state index contributed by atoms with van der Waals surface area (Å²) in [6, 6.07) is 1.63. The van der Waals surface area contributed by atoms with E-state index >= 15 is 0 Å². The van der Waals surface area contributed by atoms with Gasteiger partial charge in [-0.1, -0.05) is 6.92 Å². The summed E-state index contributed by atoms with van der Waals surface area (Å²) in [7, 11) is 0. The third-order valence-corrected chi connectivity index (χ3v) is 2.98. The van der Waals surface area contributed by atoms with Crippen LogP contribution in [0.4, 0.5) is 0 Å². The molecule has 0 spiro atoms. The molecule has 2 heteroatoms. The molecular weight excluding hydrogens is 138 g/mol. The summed E-state index contributed by atoms with van der Waals surface area (Å²) >= 11 is 0. The standard InChI is InChI=1S/C9H17NO/c1-2-8-4-3-5-10(8)9-6-11-7-9/h8-9H,2-7H2,1H3/t8-/m1/s1. The number of ether oxygens (including phenoxy) is 1. The van der Waals surface area contributed by atoms with Gasteiger partial charge in [0, 0.05) is 6.04 Å². The number of rotatable bonds is 2. The lowest BCUT2D eigenvalue weighted by molar-refractivity contribution is -0.0694. The molecule has 0 N–H and O–H groups in total. The average molecular weight is 155 g/mol. The number of nitrogens with zero attached hydrogens (tertiary/aromatic N) is 1. The van der Waals surface area contributed by atoms with Crippen molar-refractivity contribution in [2.45, 2.75) is 38.3 Å². The van der Waals surface area contributed by atoms with Gasteiger partial charge in [-0.05, 0) is 25.8 Å². The van der Waals surface area contributed by atoms with Crippen LogP contribution in [0.1, 0.15) is 26.2 Å². The zero-order valence-corrected chi connectivity index (χ0v) is 7.25. The maximum absolute atomic E-state index is 5.20. The van der Waals surface area contributed by atoms with Crippen molar-refractivity contribution in [2.24, 2.45) is 0 Å². The first-order valence-electron chi connectivity index (χ1n) is 4.75. The smallest absolute Gasteiger partial charge is 0.0645 e. The van der Waals surface area contributed by atoms with Crippen molar-refractivity contribution < 1.29 is 4.74 Å². The summed E-state index contributed by atoms with van der Waals surface area (Å²) < 4.78 is 5.20.